The molecule has 5 heteroatoms. The van der Waals surface area contributed by atoms with E-state index in [4.69, 9.17) is 4.42 Å². The standard InChI is InChI=1S/C17H19FN2O2/c1-2-15-7-8-16(22-15)17(21)20-11-9-19(10-12-20)14-5-3-13(18)4-6-14/h3-8H,2,9-12H2,1H3. The van der Waals surface area contributed by atoms with E-state index in [0.29, 0.717) is 18.8 Å². The lowest BCUT2D eigenvalue weighted by atomic mass is 10.2. The Hall–Kier alpha value is -2.30. The number of anilines is 1. The second kappa shape index (κ2) is 6.22. The maximum atomic E-state index is 13.0. The quantitative estimate of drug-likeness (QED) is 0.874. The summed E-state index contributed by atoms with van der Waals surface area (Å²) < 4.78 is 18.5. The zero-order chi connectivity index (χ0) is 15.5. The van der Waals surface area contributed by atoms with Crippen molar-refractivity contribution in [3.8, 4) is 0 Å². The van der Waals surface area contributed by atoms with E-state index in [9.17, 15) is 9.18 Å². The lowest BCUT2D eigenvalue weighted by Gasteiger charge is -2.35. The number of hydrogen-bond acceptors (Lipinski definition) is 3. The summed E-state index contributed by atoms with van der Waals surface area (Å²) in [6, 6.07) is 10.1. The van der Waals surface area contributed by atoms with Gasteiger partial charge in [-0.15, -0.1) is 0 Å². The molecule has 0 radical (unpaired) electrons. The van der Waals surface area contributed by atoms with Gasteiger partial charge in [-0.2, -0.15) is 0 Å². The van der Waals surface area contributed by atoms with Crippen LogP contribution >= 0.6 is 0 Å². The Kier molecular flexibility index (Phi) is 4.13. The normalized spacial score (nSPS) is 15.2. The molecular formula is C17H19FN2O2. The third-order valence-corrected chi connectivity index (χ3v) is 3.98. The molecule has 2 heterocycles. The minimum atomic E-state index is -0.234. The smallest absolute Gasteiger partial charge is 0.289 e. The second-order valence-corrected chi connectivity index (χ2v) is 5.38. The van der Waals surface area contributed by atoms with Gasteiger partial charge < -0.3 is 14.2 Å². The van der Waals surface area contributed by atoms with Crippen LogP contribution in [0.5, 0.6) is 0 Å². The van der Waals surface area contributed by atoms with Crippen LogP contribution in [0.15, 0.2) is 40.8 Å². The molecule has 1 aliphatic rings. The fraction of sp³-hybridized carbons (Fsp3) is 0.353. The highest BCUT2D eigenvalue weighted by Crippen LogP contribution is 2.18. The molecule has 116 valence electrons. The molecule has 2 aromatic rings. The monoisotopic (exact) mass is 302 g/mol. The van der Waals surface area contributed by atoms with E-state index in [1.807, 2.05) is 13.0 Å². The number of furan rings is 1. The first kappa shape index (κ1) is 14.6. The molecule has 3 rings (SSSR count). The Morgan fingerprint density at radius 2 is 1.77 bits per heavy atom. The largest absolute Gasteiger partial charge is 0.456 e. The molecule has 22 heavy (non-hydrogen) atoms. The molecule has 0 spiro atoms. The third kappa shape index (κ3) is 2.98. The molecular weight excluding hydrogens is 283 g/mol. The third-order valence-electron chi connectivity index (χ3n) is 3.98. The number of halogens is 1. The van der Waals surface area contributed by atoms with Crippen molar-refractivity contribution >= 4 is 11.6 Å². The van der Waals surface area contributed by atoms with Gasteiger partial charge in [-0.05, 0) is 36.4 Å². The number of nitrogens with zero attached hydrogens (tertiary/aromatic N) is 2. The van der Waals surface area contributed by atoms with Crippen LogP contribution in [0.4, 0.5) is 10.1 Å². The van der Waals surface area contributed by atoms with E-state index in [-0.39, 0.29) is 11.7 Å². The molecule has 0 unspecified atom stereocenters. The summed E-state index contributed by atoms with van der Waals surface area (Å²) in [6.07, 6.45) is 0.783. The van der Waals surface area contributed by atoms with E-state index >= 15 is 0 Å². The van der Waals surface area contributed by atoms with Crippen molar-refractivity contribution in [3.05, 3.63) is 53.7 Å². The number of piperazine rings is 1. The lowest BCUT2D eigenvalue weighted by molar-refractivity contribution is 0.0713. The number of hydrogen-bond donors (Lipinski definition) is 0. The molecule has 0 N–H and O–H groups in total. The Morgan fingerprint density at radius 1 is 1.09 bits per heavy atom. The fourth-order valence-corrected chi connectivity index (χ4v) is 2.66. The average molecular weight is 302 g/mol. The molecule has 1 aliphatic heterocycles. The zero-order valence-electron chi connectivity index (χ0n) is 12.6. The van der Waals surface area contributed by atoms with Crippen molar-refractivity contribution in [1.29, 1.82) is 0 Å². The number of benzene rings is 1. The molecule has 0 bridgehead atoms. The molecule has 0 saturated carbocycles. The van der Waals surface area contributed by atoms with Crippen LogP contribution in [-0.2, 0) is 6.42 Å². The van der Waals surface area contributed by atoms with Gasteiger partial charge in [0.05, 0.1) is 0 Å². The van der Waals surface area contributed by atoms with Gasteiger partial charge >= 0.3 is 0 Å². The molecule has 0 atom stereocenters. The summed E-state index contributed by atoms with van der Waals surface area (Å²) in [6.45, 7) is 4.74. The summed E-state index contributed by atoms with van der Waals surface area (Å²) in [7, 11) is 0. The molecule has 1 amide bonds. The Morgan fingerprint density at radius 3 is 2.36 bits per heavy atom. The fourth-order valence-electron chi connectivity index (χ4n) is 2.66. The van der Waals surface area contributed by atoms with Crippen LogP contribution in [0, 0.1) is 5.82 Å². The molecule has 0 aliphatic carbocycles. The van der Waals surface area contributed by atoms with Crippen molar-refractivity contribution < 1.29 is 13.6 Å². The summed E-state index contributed by atoms with van der Waals surface area (Å²) >= 11 is 0. The summed E-state index contributed by atoms with van der Waals surface area (Å²) in [5.74, 6) is 0.945. The average Bonchev–Trinajstić information content (AvgIpc) is 3.04. The summed E-state index contributed by atoms with van der Waals surface area (Å²) in [4.78, 5) is 16.3. The van der Waals surface area contributed by atoms with Gasteiger partial charge in [0.15, 0.2) is 5.76 Å². The Labute approximate surface area is 129 Å². The van der Waals surface area contributed by atoms with Crippen molar-refractivity contribution in [1.82, 2.24) is 4.90 Å². The Balaban J connectivity index is 1.61. The van der Waals surface area contributed by atoms with Gasteiger partial charge in [0.25, 0.3) is 5.91 Å². The molecule has 1 aromatic carbocycles. The maximum Gasteiger partial charge on any atom is 0.289 e. The number of carbonyl (C=O) groups excluding carboxylic acids is 1. The number of rotatable bonds is 3. The van der Waals surface area contributed by atoms with E-state index in [2.05, 4.69) is 4.90 Å². The van der Waals surface area contributed by atoms with Crippen molar-refractivity contribution in [2.45, 2.75) is 13.3 Å². The van der Waals surface area contributed by atoms with Gasteiger partial charge in [-0.25, -0.2) is 4.39 Å². The highest BCUT2D eigenvalue weighted by atomic mass is 19.1. The van der Waals surface area contributed by atoms with Gasteiger partial charge in [-0.3, -0.25) is 4.79 Å². The van der Waals surface area contributed by atoms with Crippen LogP contribution in [0.1, 0.15) is 23.2 Å². The van der Waals surface area contributed by atoms with Gasteiger partial charge in [0.1, 0.15) is 11.6 Å². The van der Waals surface area contributed by atoms with E-state index in [1.165, 1.54) is 12.1 Å². The van der Waals surface area contributed by atoms with Crippen molar-refractivity contribution in [2.24, 2.45) is 0 Å². The van der Waals surface area contributed by atoms with Crippen LogP contribution < -0.4 is 4.90 Å². The Bertz CT molecular complexity index is 643. The zero-order valence-corrected chi connectivity index (χ0v) is 12.6. The van der Waals surface area contributed by atoms with Gasteiger partial charge in [0.2, 0.25) is 0 Å². The number of carbonyl (C=O) groups is 1. The molecule has 1 saturated heterocycles. The first-order valence-electron chi connectivity index (χ1n) is 7.56. The number of aryl methyl sites for hydroxylation is 1. The van der Waals surface area contributed by atoms with E-state index in [0.717, 1.165) is 31.0 Å². The van der Waals surface area contributed by atoms with E-state index < -0.39 is 0 Å². The molecule has 1 fully saturated rings. The number of amides is 1. The van der Waals surface area contributed by atoms with E-state index in [1.54, 1.807) is 23.1 Å². The lowest BCUT2D eigenvalue weighted by Crippen LogP contribution is -2.48. The topological polar surface area (TPSA) is 36.7 Å². The van der Waals surface area contributed by atoms with Crippen LogP contribution in [-0.4, -0.2) is 37.0 Å². The van der Waals surface area contributed by atoms with Crippen molar-refractivity contribution in [3.63, 3.8) is 0 Å². The van der Waals surface area contributed by atoms with Crippen LogP contribution in [0.3, 0.4) is 0 Å². The first-order valence-corrected chi connectivity index (χ1v) is 7.56. The summed E-state index contributed by atoms with van der Waals surface area (Å²) in [5.41, 5.74) is 0.986. The first-order chi connectivity index (χ1) is 10.7. The maximum absolute atomic E-state index is 13.0. The highest BCUT2D eigenvalue weighted by Gasteiger charge is 2.24. The van der Waals surface area contributed by atoms with Crippen LogP contribution in [0.25, 0.3) is 0 Å². The second-order valence-electron chi connectivity index (χ2n) is 5.38. The van der Waals surface area contributed by atoms with Crippen LogP contribution in [0.2, 0.25) is 0 Å². The predicted molar refractivity (Wildman–Crippen MR) is 82.6 cm³/mol. The molecule has 4 nitrogen and oxygen atoms in total. The molecule has 1 aromatic heterocycles. The predicted octanol–water partition coefficient (Wildman–Crippen LogP) is 2.94. The van der Waals surface area contributed by atoms with Gasteiger partial charge in [0, 0.05) is 38.3 Å². The van der Waals surface area contributed by atoms with Gasteiger partial charge in [-0.1, -0.05) is 6.92 Å². The SMILES string of the molecule is CCc1ccc(C(=O)N2CCN(c3ccc(F)cc3)CC2)o1. The summed E-state index contributed by atoms with van der Waals surface area (Å²) in [5, 5.41) is 0. The minimum Gasteiger partial charge on any atom is -0.456 e. The minimum absolute atomic E-state index is 0.0570. The highest BCUT2D eigenvalue weighted by molar-refractivity contribution is 5.91. The van der Waals surface area contributed by atoms with Crippen molar-refractivity contribution in [2.75, 3.05) is 31.1 Å².